The summed E-state index contributed by atoms with van der Waals surface area (Å²) in [5.41, 5.74) is -0.107. The van der Waals surface area contributed by atoms with Crippen LogP contribution in [0.1, 0.15) is 42.6 Å². The Kier molecular flexibility index (Phi) is 5.73. The van der Waals surface area contributed by atoms with Crippen LogP contribution in [0.15, 0.2) is 12.1 Å². The van der Waals surface area contributed by atoms with Crippen molar-refractivity contribution < 1.29 is 18.3 Å². The highest BCUT2D eigenvalue weighted by atomic mass is 32.2. The molecule has 26 heavy (non-hydrogen) atoms. The molecule has 0 bridgehead atoms. The zero-order valence-corrected chi connectivity index (χ0v) is 15.7. The van der Waals surface area contributed by atoms with Crippen molar-refractivity contribution in [3.8, 4) is 0 Å². The van der Waals surface area contributed by atoms with Crippen molar-refractivity contribution in [2.24, 2.45) is 0 Å². The monoisotopic (exact) mass is 383 g/mol. The summed E-state index contributed by atoms with van der Waals surface area (Å²) in [6, 6.07) is 3.11. The Bertz CT molecular complexity index is 726. The van der Waals surface area contributed by atoms with Gasteiger partial charge in [0, 0.05) is 39.3 Å². The van der Waals surface area contributed by atoms with E-state index < -0.39 is 16.2 Å². The Balaban J connectivity index is 1.61. The quantitative estimate of drug-likeness (QED) is 0.801. The first-order valence-electron chi connectivity index (χ1n) is 8.94. The molecule has 9 nitrogen and oxygen atoms in total. The molecule has 0 radical (unpaired) electrons. The predicted molar refractivity (Wildman–Crippen MR) is 96.3 cm³/mol. The second-order valence-electron chi connectivity index (χ2n) is 6.78. The molecule has 1 saturated heterocycles. The number of rotatable bonds is 5. The second kappa shape index (κ2) is 7.85. The van der Waals surface area contributed by atoms with E-state index in [0.29, 0.717) is 32.0 Å². The van der Waals surface area contributed by atoms with Gasteiger partial charge in [-0.2, -0.15) is 17.0 Å². The van der Waals surface area contributed by atoms with Gasteiger partial charge in [-0.1, -0.05) is 19.3 Å². The summed E-state index contributed by atoms with van der Waals surface area (Å²) in [6.07, 6.45) is 5.22. The maximum atomic E-state index is 12.9. The zero-order chi connectivity index (χ0) is 18.7. The maximum Gasteiger partial charge on any atom is 0.356 e. The lowest BCUT2D eigenvalue weighted by Gasteiger charge is -2.38. The van der Waals surface area contributed by atoms with E-state index in [-0.39, 0.29) is 11.7 Å². The number of anilines is 1. The van der Waals surface area contributed by atoms with Gasteiger partial charge in [-0.3, -0.25) is 0 Å². The van der Waals surface area contributed by atoms with Gasteiger partial charge in [0.05, 0.1) is 0 Å². The Labute approximate surface area is 153 Å². The molecule has 2 fully saturated rings. The Morgan fingerprint density at radius 3 is 2.31 bits per heavy atom. The molecule has 1 aliphatic heterocycles. The number of carbonyl (C=O) groups is 1. The van der Waals surface area contributed by atoms with Crippen molar-refractivity contribution in [1.82, 2.24) is 18.8 Å². The minimum atomic E-state index is -3.46. The minimum absolute atomic E-state index is 0.0983. The van der Waals surface area contributed by atoms with Crippen LogP contribution in [0.3, 0.4) is 0 Å². The summed E-state index contributed by atoms with van der Waals surface area (Å²) < 4.78 is 28.8. The molecule has 144 valence electrons. The van der Waals surface area contributed by atoms with Crippen LogP contribution in [0.4, 0.5) is 5.82 Å². The molecule has 0 spiro atoms. The van der Waals surface area contributed by atoms with Crippen LogP contribution in [-0.2, 0) is 10.2 Å². The van der Waals surface area contributed by atoms with Crippen LogP contribution >= 0.6 is 0 Å². The van der Waals surface area contributed by atoms with Gasteiger partial charge in [0.1, 0.15) is 0 Å². The molecule has 0 unspecified atom stereocenters. The second-order valence-corrected chi connectivity index (χ2v) is 8.77. The molecule has 0 aromatic carbocycles. The number of piperazine rings is 1. The van der Waals surface area contributed by atoms with E-state index in [1.165, 1.54) is 16.8 Å². The number of nitrogens with zero attached hydrogens (tertiary/aromatic N) is 5. The third-order valence-corrected chi connectivity index (χ3v) is 7.26. The topological polar surface area (TPSA) is 107 Å². The molecule has 0 amide bonds. The van der Waals surface area contributed by atoms with Crippen molar-refractivity contribution in [3.05, 3.63) is 17.8 Å². The Morgan fingerprint density at radius 1 is 1.12 bits per heavy atom. The first-order chi connectivity index (χ1) is 12.4. The SMILES string of the molecule is CN(C1CCCCC1)S(=O)(=O)N1CCN(c2ccc(C(=O)O)nn2)CC1. The number of hydrogen-bond acceptors (Lipinski definition) is 6. The first kappa shape index (κ1) is 19.0. The fourth-order valence-electron chi connectivity index (χ4n) is 3.57. The summed E-state index contributed by atoms with van der Waals surface area (Å²) >= 11 is 0. The predicted octanol–water partition coefficient (Wildman–Crippen LogP) is 0.806. The lowest BCUT2D eigenvalue weighted by atomic mass is 9.96. The lowest BCUT2D eigenvalue weighted by Crippen LogP contribution is -2.54. The molecule has 1 aromatic rings. The van der Waals surface area contributed by atoms with E-state index in [1.54, 1.807) is 17.4 Å². The summed E-state index contributed by atoms with van der Waals surface area (Å²) in [7, 11) is -1.77. The minimum Gasteiger partial charge on any atom is -0.476 e. The normalized spacial score (nSPS) is 20.5. The Hall–Kier alpha value is -1.78. The van der Waals surface area contributed by atoms with E-state index in [4.69, 9.17) is 5.11 Å². The number of aromatic nitrogens is 2. The van der Waals surface area contributed by atoms with Gasteiger partial charge >= 0.3 is 5.97 Å². The third-order valence-electron chi connectivity index (χ3n) is 5.21. The van der Waals surface area contributed by atoms with Crippen LogP contribution in [0, 0.1) is 0 Å². The van der Waals surface area contributed by atoms with Crippen LogP contribution in [0.25, 0.3) is 0 Å². The van der Waals surface area contributed by atoms with Crippen molar-refractivity contribution in [3.63, 3.8) is 0 Å². The summed E-state index contributed by atoms with van der Waals surface area (Å²) in [5, 5.41) is 16.5. The largest absolute Gasteiger partial charge is 0.476 e. The van der Waals surface area contributed by atoms with Gasteiger partial charge in [-0.05, 0) is 25.0 Å². The van der Waals surface area contributed by atoms with Crippen molar-refractivity contribution >= 4 is 22.0 Å². The van der Waals surface area contributed by atoms with Gasteiger partial charge < -0.3 is 10.0 Å². The summed E-state index contributed by atoms with van der Waals surface area (Å²) in [6.45, 7) is 1.75. The van der Waals surface area contributed by atoms with E-state index in [2.05, 4.69) is 10.2 Å². The molecule has 1 aliphatic carbocycles. The van der Waals surface area contributed by atoms with Crippen LogP contribution in [0.2, 0.25) is 0 Å². The molecule has 1 N–H and O–H groups in total. The Morgan fingerprint density at radius 2 is 1.77 bits per heavy atom. The van der Waals surface area contributed by atoms with E-state index in [9.17, 15) is 13.2 Å². The van der Waals surface area contributed by atoms with Crippen LogP contribution in [0.5, 0.6) is 0 Å². The number of hydrogen-bond donors (Lipinski definition) is 1. The summed E-state index contributed by atoms with van der Waals surface area (Å²) in [4.78, 5) is 12.8. The van der Waals surface area contributed by atoms with Gasteiger partial charge in [0.25, 0.3) is 10.2 Å². The van der Waals surface area contributed by atoms with Crippen molar-refractivity contribution in [2.45, 2.75) is 38.1 Å². The number of carboxylic acid groups (broad SMARTS) is 1. The lowest BCUT2D eigenvalue weighted by molar-refractivity contribution is 0.0689. The van der Waals surface area contributed by atoms with Gasteiger partial charge in [-0.25, -0.2) is 4.79 Å². The maximum absolute atomic E-state index is 12.9. The highest BCUT2D eigenvalue weighted by molar-refractivity contribution is 7.86. The average Bonchev–Trinajstić information content (AvgIpc) is 2.68. The standard InChI is InChI=1S/C16H25N5O4S/c1-19(13-5-3-2-4-6-13)26(24,25)21-11-9-20(10-12-21)15-8-7-14(16(22)23)17-18-15/h7-8,13H,2-6,9-12H2,1H3,(H,22,23). The molecule has 1 saturated carbocycles. The third kappa shape index (κ3) is 3.97. The highest BCUT2D eigenvalue weighted by Crippen LogP contribution is 2.25. The number of aromatic carboxylic acids is 1. The number of carboxylic acids is 1. The molecular formula is C16H25N5O4S. The highest BCUT2D eigenvalue weighted by Gasteiger charge is 2.34. The molecule has 0 atom stereocenters. The smallest absolute Gasteiger partial charge is 0.356 e. The fraction of sp³-hybridized carbons (Fsp3) is 0.688. The van der Waals surface area contributed by atoms with Crippen molar-refractivity contribution in [1.29, 1.82) is 0 Å². The summed E-state index contributed by atoms with van der Waals surface area (Å²) in [5.74, 6) is -0.557. The van der Waals surface area contributed by atoms with Gasteiger partial charge in [-0.15, -0.1) is 10.2 Å². The first-order valence-corrected chi connectivity index (χ1v) is 10.3. The zero-order valence-electron chi connectivity index (χ0n) is 14.9. The van der Waals surface area contributed by atoms with E-state index in [0.717, 1.165) is 25.7 Å². The van der Waals surface area contributed by atoms with Crippen LogP contribution < -0.4 is 4.90 Å². The molecular weight excluding hydrogens is 358 g/mol. The van der Waals surface area contributed by atoms with Crippen LogP contribution in [-0.4, -0.2) is 77.6 Å². The van der Waals surface area contributed by atoms with E-state index in [1.807, 2.05) is 4.90 Å². The molecule has 10 heteroatoms. The fourth-order valence-corrected chi connectivity index (χ4v) is 5.15. The van der Waals surface area contributed by atoms with E-state index >= 15 is 0 Å². The molecule has 2 aliphatic rings. The van der Waals surface area contributed by atoms with Crippen molar-refractivity contribution in [2.75, 3.05) is 38.1 Å². The molecule has 1 aromatic heterocycles. The average molecular weight is 383 g/mol. The van der Waals surface area contributed by atoms with Gasteiger partial charge in [0.15, 0.2) is 11.5 Å². The molecule has 3 rings (SSSR count). The van der Waals surface area contributed by atoms with Gasteiger partial charge in [0.2, 0.25) is 0 Å². The molecule has 2 heterocycles.